The first-order chi connectivity index (χ1) is 48.8. The zero-order valence-corrected chi connectivity index (χ0v) is 67.6. The van der Waals surface area contributed by atoms with Crippen molar-refractivity contribution in [2.45, 2.75) is 475 Å². The van der Waals surface area contributed by atoms with Gasteiger partial charge in [0.2, 0.25) is 0 Å². The summed E-state index contributed by atoms with van der Waals surface area (Å²) >= 11 is 0. The Morgan fingerprint density at radius 3 is 0.410 bits per heavy atom. The van der Waals surface area contributed by atoms with E-state index >= 15 is 0 Å². The number of hydrogen-bond acceptors (Lipinski definition) is 4. The van der Waals surface area contributed by atoms with Crippen LogP contribution in [0.4, 0.5) is 0 Å². The zero-order chi connectivity index (χ0) is 68.1. The summed E-state index contributed by atoms with van der Waals surface area (Å²) in [6, 6.07) is 9.97. The quantitative estimate of drug-likeness (QED) is 0.153. The van der Waals surface area contributed by atoms with Crippen molar-refractivity contribution in [3.05, 3.63) is 0 Å². The molecule has 0 spiro atoms. The Morgan fingerprint density at radius 1 is 0.140 bits per heavy atom. The number of nitrogens with zero attached hydrogens (tertiary/aromatic N) is 4. The minimum absolute atomic E-state index is 0.814. The standard InChI is InChI=1S/C96H166N4/c1-63-9-25-71(26-10-63)75-33-49-83(50-34-75)97(79-41-17-67(5)18-42-79)91-61-92(98(80-43-19-68(6)20-44-80)84-51-35-76(36-52-84)72-27-11-64(2)12-28-72)88-59-60-90-94(100(82-47-23-70(8)24-48-82)86-55-39-78(40-56-86)74-31-15-66(4)16-32-74)62-93(89-58-57-87(91)95(88)96(89)90)99(81-45-21-69(7)22-46-81)85-53-37-77(38-54-85)73-29-13-65(3)14-30-73/h63-96H,9-62H2,1-8H3. The van der Waals surface area contributed by atoms with Gasteiger partial charge in [0.1, 0.15) is 0 Å². The summed E-state index contributed by atoms with van der Waals surface area (Å²) in [6.45, 7) is 21.0. The van der Waals surface area contributed by atoms with Gasteiger partial charge in [-0.25, -0.2) is 0 Å². The first kappa shape index (κ1) is 74.0. The van der Waals surface area contributed by atoms with Crippen molar-refractivity contribution >= 4 is 0 Å². The highest BCUT2D eigenvalue weighted by Gasteiger charge is 2.65. The van der Waals surface area contributed by atoms with E-state index in [1.807, 2.05) is 0 Å². The lowest BCUT2D eigenvalue weighted by Gasteiger charge is -2.69. The molecule has 0 saturated heterocycles. The van der Waals surface area contributed by atoms with Crippen molar-refractivity contribution in [3.63, 3.8) is 0 Å². The van der Waals surface area contributed by atoms with E-state index in [0.717, 1.165) is 203 Å². The normalized spacial score (nSPS) is 51.0. The maximum atomic E-state index is 3.69. The van der Waals surface area contributed by atoms with Crippen molar-refractivity contribution in [2.24, 2.45) is 130 Å². The molecule has 0 aliphatic heterocycles. The average Bonchev–Trinajstić information content (AvgIpc) is 0.696. The molecule has 8 atom stereocenters. The van der Waals surface area contributed by atoms with E-state index in [0.29, 0.717) is 0 Å². The van der Waals surface area contributed by atoms with Crippen LogP contribution in [0.2, 0.25) is 0 Å². The maximum absolute atomic E-state index is 3.69. The lowest BCUT2D eigenvalue weighted by atomic mass is 9.44. The van der Waals surface area contributed by atoms with E-state index < -0.39 is 0 Å². The van der Waals surface area contributed by atoms with Crippen LogP contribution < -0.4 is 0 Å². The van der Waals surface area contributed by atoms with Gasteiger partial charge in [-0.15, -0.1) is 0 Å². The van der Waals surface area contributed by atoms with Gasteiger partial charge in [0.25, 0.3) is 0 Å². The molecule has 4 heteroatoms. The summed E-state index contributed by atoms with van der Waals surface area (Å²) in [5.41, 5.74) is 0. The molecule has 16 saturated carbocycles. The summed E-state index contributed by atoms with van der Waals surface area (Å²) in [6.07, 6.45) is 83.2. The third-order valence-corrected chi connectivity index (χ3v) is 37.8. The Hall–Kier alpha value is -0.160. The monoisotopic (exact) mass is 1380 g/mol. The van der Waals surface area contributed by atoms with Gasteiger partial charge in [0.15, 0.2) is 0 Å². The lowest BCUT2D eigenvalue weighted by Crippen LogP contribution is -2.72. The van der Waals surface area contributed by atoms with Crippen LogP contribution in [0.25, 0.3) is 0 Å². The molecule has 16 rings (SSSR count). The molecule has 0 aromatic carbocycles. The molecule has 570 valence electrons. The van der Waals surface area contributed by atoms with E-state index in [9.17, 15) is 0 Å². The average molecular weight is 1380 g/mol. The molecule has 16 fully saturated rings. The van der Waals surface area contributed by atoms with Crippen molar-refractivity contribution in [2.75, 3.05) is 0 Å². The minimum atomic E-state index is 0.814. The molecule has 0 aromatic heterocycles. The Bertz CT molecular complexity index is 2080. The Labute approximate surface area is 620 Å². The molecule has 4 nitrogen and oxygen atoms in total. The fourth-order valence-corrected chi connectivity index (χ4v) is 31.7. The SMILES string of the molecule is CC1CCC(C2CCC(N(C3CCC(C)CC3)C3CC(N(C4CCC(C)CC4)C4CCC(C5CCC(C)CC5)CC4)C4CCC5C6C(CCC3C46)C(N(C3CCC(C)CC3)C3CCC(C4CCC(C)CC4)CC3)CC5N(C3CCC(C)CC3)C3CCC(C4CCC(C)CC4)CC3)CC2)CC1. The second kappa shape index (κ2) is 33.6. The highest BCUT2D eigenvalue weighted by molar-refractivity contribution is 5.17. The van der Waals surface area contributed by atoms with Crippen LogP contribution in [-0.2, 0) is 0 Å². The van der Waals surface area contributed by atoms with Crippen LogP contribution in [0.1, 0.15) is 402 Å². The molecule has 0 amide bonds. The van der Waals surface area contributed by atoms with E-state index in [1.54, 1.807) is 193 Å². The Morgan fingerprint density at radius 2 is 0.260 bits per heavy atom. The Balaban J connectivity index is 0.802. The summed E-state index contributed by atoms with van der Waals surface area (Å²) in [5.74, 6) is 21.4. The van der Waals surface area contributed by atoms with Crippen molar-refractivity contribution in [1.29, 1.82) is 0 Å². The summed E-state index contributed by atoms with van der Waals surface area (Å²) in [5, 5.41) is 0. The van der Waals surface area contributed by atoms with Crippen LogP contribution in [0, 0.1) is 130 Å². The summed E-state index contributed by atoms with van der Waals surface area (Å²) in [7, 11) is 0. The van der Waals surface area contributed by atoms with Gasteiger partial charge >= 0.3 is 0 Å². The molecule has 0 radical (unpaired) electrons. The summed E-state index contributed by atoms with van der Waals surface area (Å²) in [4.78, 5) is 14.7. The van der Waals surface area contributed by atoms with Crippen molar-refractivity contribution in [1.82, 2.24) is 19.6 Å². The third kappa shape index (κ3) is 16.2. The van der Waals surface area contributed by atoms with E-state index in [1.165, 1.54) is 154 Å². The molecular weight excluding hydrogens is 1210 g/mol. The molecule has 16 aliphatic rings. The first-order valence-corrected chi connectivity index (χ1v) is 47.9. The molecule has 0 bridgehead atoms. The van der Waals surface area contributed by atoms with Gasteiger partial charge in [-0.1, -0.05) is 107 Å². The van der Waals surface area contributed by atoms with Gasteiger partial charge in [-0.3, -0.25) is 19.6 Å². The largest absolute Gasteiger partial charge is 0.294 e. The lowest BCUT2D eigenvalue weighted by molar-refractivity contribution is -0.197. The maximum Gasteiger partial charge on any atom is 0.0147 e. The van der Waals surface area contributed by atoms with E-state index in [-0.39, 0.29) is 0 Å². The molecule has 100 heavy (non-hydrogen) atoms. The van der Waals surface area contributed by atoms with Crippen molar-refractivity contribution < 1.29 is 0 Å². The molecule has 0 heterocycles. The molecule has 16 aliphatic carbocycles. The van der Waals surface area contributed by atoms with E-state index in [2.05, 4.69) is 75.0 Å². The number of rotatable bonds is 16. The summed E-state index contributed by atoms with van der Waals surface area (Å²) < 4.78 is 0. The second-order valence-electron chi connectivity index (χ2n) is 43.5. The van der Waals surface area contributed by atoms with Gasteiger partial charge in [-0.05, 0) is 426 Å². The smallest absolute Gasteiger partial charge is 0.0147 e. The first-order valence-electron chi connectivity index (χ1n) is 47.9. The van der Waals surface area contributed by atoms with Crippen LogP contribution in [0.5, 0.6) is 0 Å². The van der Waals surface area contributed by atoms with Gasteiger partial charge in [0.05, 0.1) is 0 Å². The van der Waals surface area contributed by atoms with Crippen LogP contribution in [0.15, 0.2) is 0 Å². The second-order valence-corrected chi connectivity index (χ2v) is 43.5. The third-order valence-electron chi connectivity index (χ3n) is 37.8. The highest BCUT2D eigenvalue weighted by Crippen LogP contribution is 2.65. The topological polar surface area (TPSA) is 13.0 Å². The fraction of sp³-hybridized carbons (Fsp3) is 1.00. The fourth-order valence-electron chi connectivity index (χ4n) is 31.7. The Kier molecular flexibility index (Phi) is 24.8. The molecular formula is C96H166N4. The molecule has 0 N–H and O–H groups in total. The predicted octanol–water partition coefficient (Wildman–Crippen LogP) is 25.6. The van der Waals surface area contributed by atoms with Crippen LogP contribution >= 0.6 is 0 Å². The van der Waals surface area contributed by atoms with E-state index in [4.69, 9.17) is 0 Å². The predicted molar refractivity (Wildman–Crippen MR) is 424 cm³/mol. The molecule has 0 aromatic rings. The highest BCUT2D eigenvalue weighted by atomic mass is 15.3. The van der Waals surface area contributed by atoms with Gasteiger partial charge in [-0.2, -0.15) is 0 Å². The number of hydrogen-bond donors (Lipinski definition) is 0. The van der Waals surface area contributed by atoms with Gasteiger partial charge in [0, 0.05) is 72.5 Å². The van der Waals surface area contributed by atoms with Gasteiger partial charge < -0.3 is 0 Å². The minimum Gasteiger partial charge on any atom is -0.294 e. The zero-order valence-electron chi connectivity index (χ0n) is 67.6. The van der Waals surface area contributed by atoms with Crippen molar-refractivity contribution in [3.8, 4) is 0 Å². The van der Waals surface area contributed by atoms with Crippen LogP contribution in [-0.4, -0.2) is 92.1 Å². The van der Waals surface area contributed by atoms with Crippen LogP contribution in [0.3, 0.4) is 0 Å². The molecule has 8 unspecified atom stereocenters.